The molecule has 2 nitrogen and oxygen atoms in total. The molecule has 0 amide bonds. The average molecular weight is 714 g/mol. The van der Waals surface area contributed by atoms with Gasteiger partial charge >= 0.3 is 38.6 Å². The van der Waals surface area contributed by atoms with Crippen LogP contribution in [0, 0.1) is 23.0 Å². The van der Waals surface area contributed by atoms with Crippen LogP contribution < -0.4 is 0 Å². The molecule has 4 rings (SSSR count). The zero-order valence-corrected chi connectivity index (χ0v) is 29.8. The Hall–Kier alpha value is -2.32. The second-order valence-electron chi connectivity index (χ2n) is 13.0. The SMILES string of the molecule is CC(C)(C)C1=[C-]CC=C1[Si](C)(C)C1=CC[C-]=C1C(C)(C)C.Oc1ccc(C(F)(F)F)cc1.Oc1ccc(C(F)(F)F)cc1.[Zr+2]. The van der Waals surface area contributed by atoms with Crippen molar-refractivity contribution in [2.24, 2.45) is 10.8 Å². The molecule has 2 aromatic carbocycles. The average Bonchev–Trinajstić information content (AvgIpc) is 3.55. The first kappa shape index (κ1) is 39.7. The summed E-state index contributed by atoms with van der Waals surface area (Å²) in [6, 6.07) is 7.33. The van der Waals surface area contributed by atoms with Crippen LogP contribution in [0.5, 0.6) is 11.5 Å². The third-order valence-electron chi connectivity index (χ3n) is 6.94. The Balaban J connectivity index is 0.000000357. The standard InChI is InChI=1S/C20H30Si.2C7H5F3O.Zr/c1-19(2,3)15-11-9-13-17(15)21(7,8)18-14-10-12-16(18)20(4,5)6;2*8-7(9,10)5-1-3-6(11)4-2-5;/h13-14H,9-10H2,1-8H3;2*1-4,11H;/q-2;;;+2. The van der Waals surface area contributed by atoms with Crippen LogP contribution in [0.4, 0.5) is 26.3 Å². The van der Waals surface area contributed by atoms with Gasteiger partial charge in [-0.2, -0.15) is 38.5 Å². The summed E-state index contributed by atoms with van der Waals surface area (Å²) in [4.78, 5) is 0. The molecule has 0 aliphatic heterocycles. The van der Waals surface area contributed by atoms with Gasteiger partial charge in [0.1, 0.15) is 11.5 Å². The van der Waals surface area contributed by atoms with E-state index in [1.165, 1.54) is 11.1 Å². The number of halogens is 6. The number of hydrogen-bond donors (Lipinski definition) is 2. The van der Waals surface area contributed by atoms with E-state index in [1.54, 1.807) is 10.4 Å². The van der Waals surface area contributed by atoms with Gasteiger partial charge in [-0.3, -0.25) is 12.2 Å². The van der Waals surface area contributed by atoms with Gasteiger partial charge in [-0.25, -0.2) is 21.5 Å². The van der Waals surface area contributed by atoms with Crippen molar-refractivity contribution in [3.05, 3.63) is 106 Å². The Morgan fingerprint density at radius 2 is 0.841 bits per heavy atom. The van der Waals surface area contributed by atoms with E-state index >= 15 is 0 Å². The van der Waals surface area contributed by atoms with Gasteiger partial charge < -0.3 is 10.2 Å². The van der Waals surface area contributed by atoms with E-state index in [-0.39, 0.29) is 48.5 Å². The molecule has 2 aliphatic rings. The molecule has 0 heterocycles. The van der Waals surface area contributed by atoms with Gasteiger partial charge in [0.05, 0.1) is 11.1 Å². The molecule has 0 bridgehead atoms. The zero-order valence-electron chi connectivity index (χ0n) is 26.3. The molecule has 2 aliphatic carbocycles. The molecule has 0 saturated heterocycles. The maximum absolute atomic E-state index is 11.8. The quantitative estimate of drug-likeness (QED) is 0.185. The van der Waals surface area contributed by atoms with Gasteiger partial charge in [-0.05, 0) is 59.4 Å². The van der Waals surface area contributed by atoms with E-state index in [9.17, 15) is 26.3 Å². The van der Waals surface area contributed by atoms with Crippen LogP contribution in [0.25, 0.3) is 0 Å². The van der Waals surface area contributed by atoms with E-state index in [2.05, 4.69) is 78.9 Å². The number of benzene rings is 2. The molecular weight excluding hydrogens is 674 g/mol. The Labute approximate surface area is 277 Å². The Morgan fingerprint density at radius 1 is 0.568 bits per heavy atom. The summed E-state index contributed by atoms with van der Waals surface area (Å²) in [6.07, 6.45) is 5.47. The van der Waals surface area contributed by atoms with E-state index < -0.39 is 31.6 Å². The molecular formula is C34H40F6O2SiZr. The van der Waals surface area contributed by atoms with Crippen molar-refractivity contribution in [1.82, 2.24) is 0 Å². The summed E-state index contributed by atoms with van der Waals surface area (Å²) in [5.74, 6) is -0.337. The molecule has 238 valence electrons. The number of phenolic OH excluding ortho intramolecular Hbond substituents is 2. The van der Waals surface area contributed by atoms with Crippen molar-refractivity contribution in [2.45, 2.75) is 79.8 Å². The first-order valence-electron chi connectivity index (χ1n) is 13.8. The number of alkyl halides is 6. The summed E-state index contributed by atoms with van der Waals surface area (Å²) in [5.41, 5.74) is 1.80. The molecule has 10 heteroatoms. The Kier molecular flexibility index (Phi) is 13.4. The number of allylic oxidation sites excluding steroid dienone is 8. The Morgan fingerprint density at radius 3 is 1.07 bits per heavy atom. The van der Waals surface area contributed by atoms with Crippen LogP contribution in [-0.4, -0.2) is 18.3 Å². The van der Waals surface area contributed by atoms with Crippen LogP contribution in [-0.2, 0) is 38.6 Å². The minimum Gasteiger partial charge on any atom is -0.508 e. The predicted octanol–water partition coefficient (Wildman–Crippen LogP) is 10.8. The normalized spacial score (nSPS) is 15.4. The zero-order chi connectivity index (χ0) is 33.0. The predicted molar refractivity (Wildman–Crippen MR) is 162 cm³/mol. The van der Waals surface area contributed by atoms with Gasteiger partial charge in [0, 0.05) is 0 Å². The van der Waals surface area contributed by atoms with E-state index in [0.29, 0.717) is 0 Å². The summed E-state index contributed by atoms with van der Waals surface area (Å²) in [7, 11) is -1.66. The maximum Gasteiger partial charge on any atom is 2.00 e. The number of phenols is 2. The van der Waals surface area contributed by atoms with Crippen molar-refractivity contribution >= 4 is 8.07 Å². The van der Waals surface area contributed by atoms with E-state index in [4.69, 9.17) is 10.2 Å². The monoisotopic (exact) mass is 712 g/mol. The van der Waals surface area contributed by atoms with Gasteiger partial charge in [0.25, 0.3) is 0 Å². The topological polar surface area (TPSA) is 40.5 Å². The van der Waals surface area contributed by atoms with Gasteiger partial charge in [0.2, 0.25) is 0 Å². The van der Waals surface area contributed by atoms with E-state index in [1.807, 2.05) is 0 Å². The fourth-order valence-corrected chi connectivity index (χ4v) is 8.52. The van der Waals surface area contributed by atoms with Gasteiger partial charge in [-0.1, -0.05) is 62.7 Å². The van der Waals surface area contributed by atoms with Crippen molar-refractivity contribution in [3.63, 3.8) is 0 Å². The van der Waals surface area contributed by atoms with Crippen molar-refractivity contribution in [3.8, 4) is 11.5 Å². The smallest absolute Gasteiger partial charge is 0.508 e. The van der Waals surface area contributed by atoms with Gasteiger partial charge in [0.15, 0.2) is 0 Å². The largest absolute Gasteiger partial charge is 2.00 e. The molecule has 0 spiro atoms. The van der Waals surface area contributed by atoms with Crippen molar-refractivity contribution in [1.29, 1.82) is 0 Å². The minimum absolute atomic E-state index is 0. The first-order valence-corrected chi connectivity index (χ1v) is 16.8. The number of rotatable bonds is 2. The minimum atomic E-state index is -4.33. The van der Waals surface area contributed by atoms with Crippen molar-refractivity contribution < 1.29 is 62.8 Å². The third-order valence-corrected chi connectivity index (χ3v) is 10.5. The Bertz CT molecular complexity index is 1260. The third kappa shape index (κ3) is 10.9. The summed E-state index contributed by atoms with van der Waals surface area (Å²) >= 11 is 0. The molecule has 2 N–H and O–H groups in total. The first-order chi connectivity index (χ1) is 19.5. The van der Waals surface area contributed by atoms with Crippen LogP contribution in [0.3, 0.4) is 0 Å². The summed E-state index contributed by atoms with van der Waals surface area (Å²) in [6.45, 7) is 18.9. The van der Waals surface area contributed by atoms with Crippen LogP contribution in [0.1, 0.15) is 65.5 Å². The molecule has 0 fully saturated rings. The fraction of sp³-hybridized carbons (Fsp3) is 0.412. The molecule has 0 saturated carbocycles. The van der Waals surface area contributed by atoms with Crippen LogP contribution >= 0.6 is 0 Å². The number of aromatic hydroxyl groups is 2. The fourth-order valence-electron chi connectivity index (χ4n) is 4.82. The van der Waals surface area contributed by atoms with Crippen LogP contribution in [0.15, 0.2) is 82.2 Å². The molecule has 44 heavy (non-hydrogen) atoms. The van der Waals surface area contributed by atoms with Gasteiger partial charge in [-0.15, -0.1) is 12.8 Å². The number of hydrogen-bond acceptors (Lipinski definition) is 2. The molecule has 0 aromatic heterocycles. The van der Waals surface area contributed by atoms with Crippen LogP contribution in [0.2, 0.25) is 13.1 Å². The van der Waals surface area contributed by atoms with E-state index in [0.717, 1.165) is 61.4 Å². The molecule has 0 atom stereocenters. The summed E-state index contributed by atoms with van der Waals surface area (Å²) < 4.78 is 71.0. The second kappa shape index (κ2) is 14.8. The second-order valence-corrected chi connectivity index (χ2v) is 17.3. The summed E-state index contributed by atoms with van der Waals surface area (Å²) in [5, 5.41) is 20.5. The molecule has 0 radical (unpaired) electrons. The molecule has 0 unspecified atom stereocenters. The maximum atomic E-state index is 11.8. The van der Waals surface area contributed by atoms with Crippen molar-refractivity contribution in [2.75, 3.05) is 0 Å². The molecule has 2 aromatic rings.